The Kier molecular flexibility index (Phi) is 6.01. The van der Waals surface area contributed by atoms with Crippen molar-refractivity contribution < 1.29 is 22.4 Å². The van der Waals surface area contributed by atoms with Crippen LogP contribution in [0.2, 0.25) is 0 Å². The molecule has 0 spiro atoms. The van der Waals surface area contributed by atoms with E-state index < -0.39 is 16.1 Å². The molecular weight excluding hydrogens is 384 g/mol. The van der Waals surface area contributed by atoms with Gasteiger partial charge in [-0.1, -0.05) is 12.1 Å². The molecule has 2 aromatic rings. The molecule has 2 N–H and O–H groups in total. The third kappa shape index (κ3) is 4.51. The second-order valence-electron chi connectivity index (χ2n) is 6.66. The van der Waals surface area contributed by atoms with Crippen molar-refractivity contribution in [3.8, 4) is 0 Å². The third-order valence-electron chi connectivity index (χ3n) is 4.66. The van der Waals surface area contributed by atoms with Crippen molar-refractivity contribution in [3.63, 3.8) is 0 Å². The lowest BCUT2D eigenvalue weighted by Gasteiger charge is -2.18. The summed E-state index contributed by atoms with van der Waals surface area (Å²) in [6.07, 6.45) is 1.70. The molecule has 0 saturated carbocycles. The van der Waals surface area contributed by atoms with Gasteiger partial charge in [-0.15, -0.1) is 0 Å². The summed E-state index contributed by atoms with van der Waals surface area (Å²) in [5.41, 5.74) is 3.85. The molecule has 3 rings (SSSR count). The van der Waals surface area contributed by atoms with Gasteiger partial charge < -0.3 is 14.5 Å². The van der Waals surface area contributed by atoms with Crippen LogP contribution in [0.4, 0.5) is 11.7 Å². The fraction of sp³-hybridized carbons (Fsp3) is 0.444. The Morgan fingerprint density at radius 1 is 1.14 bits per heavy atom. The molecule has 1 amide bonds. The fourth-order valence-corrected chi connectivity index (χ4v) is 4.04. The Balaban J connectivity index is 1.71. The highest BCUT2D eigenvalue weighted by molar-refractivity contribution is 7.87. The van der Waals surface area contributed by atoms with Gasteiger partial charge in [0.2, 0.25) is 0 Å². The smallest absolute Gasteiger partial charge is 0.304 e. The van der Waals surface area contributed by atoms with Gasteiger partial charge in [-0.25, -0.2) is 4.72 Å². The van der Waals surface area contributed by atoms with E-state index in [9.17, 15) is 13.2 Å². The number of anilines is 2. The number of aromatic nitrogens is 1. The highest BCUT2D eigenvalue weighted by Crippen LogP contribution is 2.26. The summed E-state index contributed by atoms with van der Waals surface area (Å²) in [6.45, 7) is 7.19. The number of hydrogen-bond acceptors (Lipinski definition) is 7. The maximum Gasteiger partial charge on any atom is 0.304 e. The number of rotatable bonds is 5. The van der Waals surface area contributed by atoms with E-state index in [1.165, 1.54) is 4.31 Å². The van der Waals surface area contributed by atoms with E-state index in [-0.39, 0.29) is 18.3 Å². The Morgan fingerprint density at radius 3 is 2.68 bits per heavy atom. The molecule has 10 heteroatoms. The minimum Gasteiger partial charge on any atom is -0.431 e. The van der Waals surface area contributed by atoms with Crippen LogP contribution in [0.3, 0.4) is 0 Å². The lowest BCUT2D eigenvalue weighted by atomic mass is 10.0. The molecule has 0 bridgehead atoms. The van der Waals surface area contributed by atoms with Crippen LogP contribution in [0.5, 0.6) is 0 Å². The van der Waals surface area contributed by atoms with Crippen LogP contribution in [0.1, 0.15) is 33.6 Å². The molecule has 152 valence electrons. The van der Waals surface area contributed by atoms with Gasteiger partial charge >= 0.3 is 10.2 Å². The zero-order chi connectivity index (χ0) is 20.3. The zero-order valence-electron chi connectivity index (χ0n) is 16.1. The summed E-state index contributed by atoms with van der Waals surface area (Å²) >= 11 is 0. The standard InChI is InChI=1S/C18H24N4O5S/c1-12-5-6-13(2)16(14(12)3)20-18-19-15(11-27-18)17(23)21-28(24,25)22-7-4-9-26-10-8-22/h5-6,11H,4,7-10H2,1-3H3,(H,19,20)(H,21,23). The second kappa shape index (κ2) is 8.29. The van der Waals surface area contributed by atoms with Crippen molar-refractivity contribution in [2.24, 2.45) is 0 Å². The van der Waals surface area contributed by atoms with Gasteiger partial charge in [0.25, 0.3) is 11.9 Å². The molecule has 0 atom stereocenters. The number of ether oxygens (including phenoxy) is 1. The lowest BCUT2D eigenvalue weighted by molar-refractivity contribution is 0.0973. The summed E-state index contributed by atoms with van der Waals surface area (Å²) in [4.78, 5) is 16.4. The van der Waals surface area contributed by atoms with Crippen molar-refractivity contribution >= 4 is 27.8 Å². The second-order valence-corrected chi connectivity index (χ2v) is 8.33. The van der Waals surface area contributed by atoms with E-state index >= 15 is 0 Å². The molecule has 0 radical (unpaired) electrons. The van der Waals surface area contributed by atoms with Crippen LogP contribution < -0.4 is 10.0 Å². The number of benzene rings is 1. The van der Waals surface area contributed by atoms with E-state index in [0.717, 1.165) is 28.6 Å². The van der Waals surface area contributed by atoms with Crippen LogP contribution in [-0.2, 0) is 14.9 Å². The first-order valence-corrected chi connectivity index (χ1v) is 10.4. The fourth-order valence-electron chi connectivity index (χ4n) is 2.88. The van der Waals surface area contributed by atoms with Gasteiger partial charge in [0.1, 0.15) is 6.26 Å². The quantitative estimate of drug-likeness (QED) is 0.778. The highest BCUT2D eigenvalue weighted by atomic mass is 32.2. The van der Waals surface area contributed by atoms with Crippen LogP contribution >= 0.6 is 0 Å². The van der Waals surface area contributed by atoms with Gasteiger partial charge in [0.05, 0.1) is 6.61 Å². The average molecular weight is 408 g/mol. The zero-order valence-corrected chi connectivity index (χ0v) is 16.9. The molecule has 28 heavy (non-hydrogen) atoms. The predicted molar refractivity (Wildman–Crippen MR) is 104 cm³/mol. The lowest BCUT2D eigenvalue weighted by Crippen LogP contribution is -2.44. The molecule has 1 aromatic carbocycles. The Hall–Kier alpha value is -2.43. The summed E-state index contributed by atoms with van der Waals surface area (Å²) in [7, 11) is -3.97. The Bertz CT molecular complexity index is 962. The molecule has 0 aliphatic carbocycles. The van der Waals surface area contributed by atoms with Gasteiger partial charge in [-0.2, -0.15) is 17.7 Å². The number of hydrogen-bond donors (Lipinski definition) is 2. The van der Waals surface area contributed by atoms with Crippen molar-refractivity contribution in [1.29, 1.82) is 0 Å². The molecular formula is C18H24N4O5S. The van der Waals surface area contributed by atoms with Crippen LogP contribution in [0.25, 0.3) is 0 Å². The monoisotopic (exact) mass is 408 g/mol. The van der Waals surface area contributed by atoms with Crippen LogP contribution in [-0.4, -0.2) is 49.9 Å². The van der Waals surface area contributed by atoms with E-state index in [4.69, 9.17) is 9.15 Å². The minimum atomic E-state index is -3.97. The summed E-state index contributed by atoms with van der Waals surface area (Å²) in [5, 5.41) is 3.06. The van der Waals surface area contributed by atoms with E-state index in [2.05, 4.69) is 10.3 Å². The van der Waals surface area contributed by atoms with Gasteiger partial charge in [0, 0.05) is 25.4 Å². The van der Waals surface area contributed by atoms with E-state index in [1.54, 1.807) is 0 Å². The Morgan fingerprint density at radius 2 is 1.89 bits per heavy atom. The first-order chi connectivity index (χ1) is 13.3. The van der Waals surface area contributed by atoms with Crippen molar-refractivity contribution in [2.75, 3.05) is 31.6 Å². The number of oxazole rings is 1. The first kappa shape index (κ1) is 20.3. The average Bonchev–Trinajstić information content (AvgIpc) is 2.93. The third-order valence-corrected chi connectivity index (χ3v) is 6.14. The molecule has 1 fully saturated rings. The van der Waals surface area contributed by atoms with Gasteiger partial charge in [0.15, 0.2) is 5.69 Å². The molecule has 1 aliphatic rings. The van der Waals surface area contributed by atoms with Crippen molar-refractivity contribution in [3.05, 3.63) is 40.8 Å². The number of nitrogens with one attached hydrogen (secondary N) is 2. The largest absolute Gasteiger partial charge is 0.431 e. The number of amides is 1. The van der Waals surface area contributed by atoms with Crippen LogP contribution in [0, 0.1) is 20.8 Å². The SMILES string of the molecule is Cc1ccc(C)c(Nc2nc(C(=O)NS(=O)(=O)N3CCCOCC3)co2)c1C. The van der Waals surface area contributed by atoms with Gasteiger partial charge in [-0.05, 0) is 43.9 Å². The minimum absolute atomic E-state index is 0.113. The molecule has 1 saturated heterocycles. The van der Waals surface area contributed by atoms with E-state index in [0.29, 0.717) is 26.2 Å². The van der Waals surface area contributed by atoms with Crippen molar-refractivity contribution in [2.45, 2.75) is 27.2 Å². The summed E-state index contributed by atoms with van der Waals surface area (Å²) in [5.74, 6) is -0.848. The number of aryl methyl sites for hydroxylation is 2. The molecule has 1 aromatic heterocycles. The highest BCUT2D eigenvalue weighted by Gasteiger charge is 2.27. The molecule has 2 heterocycles. The van der Waals surface area contributed by atoms with Gasteiger partial charge in [-0.3, -0.25) is 4.79 Å². The van der Waals surface area contributed by atoms with E-state index in [1.807, 2.05) is 37.6 Å². The van der Waals surface area contributed by atoms with Crippen molar-refractivity contribution in [1.82, 2.24) is 14.0 Å². The Labute approximate surface area is 164 Å². The summed E-state index contributed by atoms with van der Waals surface area (Å²) in [6, 6.07) is 4.10. The summed E-state index contributed by atoms with van der Waals surface area (Å²) < 4.78 is 38.6. The molecule has 0 unspecified atom stereocenters. The maximum absolute atomic E-state index is 12.4. The maximum atomic E-state index is 12.4. The van der Waals surface area contributed by atoms with Crippen LogP contribution in [0.15, 0.2) is 22.8 Å². The molecule has 1 aliphatic heterocycles. The normalized spacial score (nSPS) is 15.8. The predicted octanol–water partition coefficient (Wildman–Crippen LogP) is 2.04. The topological polar surface area (TPSA) is 114 Å². The number of carbonyl (C=O) groups is 1. The molecule has 9 nitrogen and oxygen atoms in total. The first-order valence-electron chi connectivity index (χ1n) is 8.97. The number of nitrogens with zero attached hydrogens (tertiary/aromatic N) is 2. The number of carbonyl (C=O) groups excluding carboxylic acids is 1.